The molecule has 18 heavy (non-hydrogen) atoms. The zero-order chi connectivity index (χ0) is 11.9. The maximum absolute atomic E-state index is 4.61. The van der Waals surface area contributed by atoms with Crippen LogP contribution in [0, 0.1) is 0 Å². The second-order valence-corrected chi connectivity index (χ2v) is 5.34. The molecule has 0 aliphatic carbocycles. The van der Waals surface area contributed by atoms with Gasteiger partial charge in [-0.2, -0.15) is 0 Å². The Morgan fingerprint density at radius 1 is 1.28 bits per heavy atom. The first-order valence-corrected chi connectivity index (χ1v) is 6.70. The van der Waals surface area contributed by atoms with Gasteiger partial charge >= 0.3 is 0 Å². The van der Waals surface area contributed by atoms with Crippen molar-refractivity contribution in [2.75, 3.05) is 13.1 Å². The van der Waals surface area contributed by atoms with E-state index in [1.54, 1.807) is 22.8 Å². The molecule has 0 N–H and O–H groups in total. The van der Waals surface area contributed by atoms with Crippen LogP contribution in [0.3, 0.4) is 0 Å². The van der Waals surface area contributed by atoms with Crippen LogP contribution in [-0.2, 0) is 0 Å². The topological polar surface area (TPSA) is 46.3 Å². The van der Waals surface area contributed by atoms with Gasteiger partial charge in [0.05, 0.1) is 18.1 Å². The van der Waals surface area contributed by atoms with E-state index in [9.17, 15) is 0 Å². The van der Waals surface area contributed by atoms with Gasteiger partial charge in [-0.1, -0.05) is 5.21 Å². The largest absolute Gasteiger partial charge is 0.296 e. The summed E-state index contributed by atoms with van der Waals surface area (Å²) in [6, 6.07) is 6.34. The van der Waals surface area contributed by atoms with E-state index in [-0.39, 0.29) is 0 Å². The minimum Gasteiger partial charge on any atom is -0.296 e. The van der Waals surface area contributed by atoms with Gasteiger partial charge in [0.2, 0.25) is 0 Å². The molecule has 0 atom stereocenters. The first-order chi connectivity index (χ1) is 8.92. The molecule has 90 valence electrons. The lowest BCUT2D eigenvalue weighted by Crippen LogP contribution is -2.26. The normalized spacial score (nSPS) is 17.3. The second kappa shape index (κ2) is 3.84. The van der Waals surface area contributed by atoms with E-state index in [4.69, 9.17) is 0 Å². The third kappa shape index (κ3) is 1.45. The monoisotopic (exact) mass is 257 g/mol. The van der Waals surface area contributed by atoms with Gasteiger partial charge in [0, 0.05) is 23.5 Å². The lowest BCUT2D eigenvalue weighted by molar-refractivity contribution is 0.603. The average molecular weight is 257 g/mol. The van der Waals surface area contributed by atoms with Gasteiger partial charge in [0.15, 0.2) is 0 Å². The minimum atomic E-state index is 0.941. The molecule has 5 nitrogen and oxygen atoms in total. The summed E-state index contributed by atoms with van der Waals surface area (Å²) in [5.74, 6) is 1.13. The molecular formula is C12H11N5S. The van der Waals surface area contributed by atoms with Crippen molar-refractivity contribution >= 4 is 17.8 Å². The fourth-order valence-electron chi connectivity index (χ4n) is 2.27. The van der Waals surface area contributed by atoms with Crippen molar-refractivity contribution in [2.24, 2.45) is 4.99 Å². The molecule has 2 aromatic rings. The number of hydrogen-bond donors (Lipinski definition) is 0. The molecule has 2 aliphatic rings. The molecular weight excluding hydrogens is 246 g/mol. The van der Waals surface area contributed by atoms with Gasteiger partial charge in [-0.15, -0.1) is 5.10 Å². The highest BCUT2D eigenvalue weighted by Gasteiger charge is 2.28. The van der Waals surface area contributed by atoms with E-state index in [1.165, 1.54) is 10.5 Å². The molecule has 0 saturated carbocycles. The lowest BCUT2D eigenvalue weighted by Gasteiger charge is -2.20. The third-order valence-corrected chi connectivity index (χ3v) is 4.23. The average Bonchev–Trinajstić information content (AvgIpc) is 3.05. The molecule has 0 unspecified atom stereocenters. The molecule has 4 rings (SSSR count). The molecule has 1 aromatic heterocycles. The Kier molecular flexibility index (Phi) is 2.16. The van der Waals surface area contributed by atoms with Gasteiger partial charge < -0.3 is 0 Å². The van der Waals surface area contributed by atoms with Crippen LogP contribution in [0.4, 0.5) is 0 Å². The third-order valence-electron chi connectivity index (χ3n) is 3.12. The Balaban J connectivity index is 1.79. The molecule has 0 fully saturated rings. The maximum atomic E-state index is 4.61. The highest BCUT2D eigenvalue weighted by atomic mass is 32.2. The van der Waals surface area contributed by atoms with Crippen molar-refractivity contribution < 1.29 is 0 Å². The summed E-state index contributed by atoms with van der Waals surface area (Å²) in [6.07, 6.45) is 4.68. The van der Waals surface area contributed by atoms with Crippen molar-refractivity contribution in [3.05, 3.63) is 36.2 Å². The van der Waals surface area contributed by atoms with Crippen molar-refractivity contribution in [2.45, 2.75) is 11.3 Å². The summed E-state index contributed by atoms with van der Waals surface area (Å²) in [5.41, 5.74) is 2.28. The van der Waals surface area contributed by atoms with E-state index in [0.29, 0.717) is 0 Å². The number of aliphatic imine (C=N–C) groups is 1. The number of fused-ring (bicyclic) bond motifs is 3. The summed E-state index contributed by atoms with van der Waals surface area (Å²) in [4.78, 5) is 5.87. The first-order valence-electron chi connectivity index (χ1n) is 5.93. The number of amidine groups is 1. The van der Waals surface area contributed by atoms with Crippen LogP contribution >= 0.6 is 11.9 Å². The number of nitrogens with zero attached hydrogens (tertiary/aromatic N) is 5. The van der Waals surface area contributed by atoms with Crippen LogP contribution in [0.25, 0.3) is 5.69 Å². The number of hydrogen-bond acceptors (Lipinski definition) is 5. The van der Waals surface area contributed by atoms with Gasteiger partial charge in [-0.05, 0) is 36.6 Å². The Morgan fingerprint density at radius 2 is 2.28 bits per heavy atom. The van der Waals surface area contributed by atoms with Crippen LogP contribution in [0.15, 0.2) is 40.5 Å². The Hall–Kier alpha value is -1.82. The summed E-state index contributed by atoms with van der Waals surface area (Å²) >= 11 is 1.77. The zero-order valence-electron chi connectivity index (χ0n) is 9.65. The molecule has 0 bridgehead atoms. The molecule has 0 saturated heterocycles. The molecule has 6 heteroatoms. The van der Waals surface area contributed by atoms with Gasteiger partial charge in [0.25, 0.3) is 0 Å². The molecule has 1 aromatic carbocycles. The second-order valence-electron chi connectivity index (χ2n) is 4.28. The highest BCUT2D eigenvalue weighted by Crippen LogP contribution is 2.38. The van der Waals surface area contributed by atoms with Crippen molar-refractivity contribution in [1.82, 2.24) is 19.3 Å². The lowest BCUT2D eigenvalue weighted by atomic mass is 10.1. The number of benzene rings is 1. The first kappa shape index (κ1) is 10.1. The summed E-state index contributed by atoms with van der Waals surface area (Å²) in [5, 5.41) is 7.85. The summed E-state index contributed by atoms with van der Waals surface area (Å²) < 4.78 is 4.05. The van der Waals surface area contributed by atoms with Crippen LogP contribution in [-0.4, -0.2) is 38.2 Å². The fraction of sp³-hybridized carbons (Fsp3) is 0.250. The van der Waals surface area contributed by atoms with Gasteiger partial charge in [-0.3, -0.25) is 9.30 Å². The Morgan fingerprint density at radius 3 is 3.17 bits per heavy atom. The minimum absolute atomic E-state index is 0.941. The van der Waals surface area contributed by atoms with E-state index in [0.717, 1.165) is 31.0 Å². The van der Waals surface area contributed by atoms with Crippen molar-refractivity contribution in [1.29, 1.82) is 0 Å². The number of rotatable bonds is 1. The van der Waals surface area contributed by atoms with E-state index >= 15 is 0 Å². The smallest absolute Gasteiger partial charge is 0.142 e. The SMILES string of the molecule is c1cn(-c2ccc3c(c2)SN2CCCN=C32)nn1. The van der Waals surface area contributed by atoms with Crippen molar-refractivity contribution in [3.63, 3.8) is 0 Å². The molecule has 2 aliphatic heterocycles. The van der Waals surface area contributed by atoms with Crippen LogP contribution in [0.5, 0.6) is 0 Å². The quantitative estimate of drug-likeness (QED) is 0.730. The van der Waals surface area contributed by atoms with Gasteiger partial charge in [-0.25, -0.2) is 4.68 Å². The van der Waals surface area contributed by atoms with E-state index in [2.05, 4.69) is 37.8 Å². The molecule has 0 spiro atoms. The zero-order valence-corrected chi connectivity index (χ0v) is 10.5. The van der Waals surface area contributed by atoms with E-state index < -0.39 is 0 Å². The Labute approximate surface area is 109 Å². The molecule has 3 heterocycles. The van der Waals surface area contributed by atoms with Gasteiger partial charge in [0.1, 0.15) is 5.84 Å². The van der Waals surface area contributed by atoms with Crippen LogP contribution < -0.4 is 0 Å². The maximum Gasteiger partial charge on any atom is 0.142 e. The predicted molar refractivity (Wildman–Crippen MR) is 69.9 cm³/mol. The number of aromatic nitrogens is 3. The van der Waals surface area contributed by atoms with Crippen molar-refractivity contribution in [3.8, 4) is 5.69 Å². The Bertz CT molecular complexity index is 619. The molecule has 0 amide bonds. The predicted octanol–water partition coefficient (Wildman–Crippen LogP) is 1.74. The summed E-state index contributed by atoms with van der Waals surface area (Å²) in [6.45, 7) is 2.02. The highest BCUT2D eigenvalue weighted by molar-refractivity contribution is 7.98. The van der Waals surface area contributed by atoms with E-state index in [1.807, 2.05) is 6.20 Å². The standard InChI is InChI=1S/C12H11N5S/c1-4-13-12-10-3-2-9(16-7-5-14-15-16)8-11(10)18-17(12)6-1/h2-3,5,7-8H,1,4,6H2. The summed E-state index contributed by atoms with van der Waals surface area (Å²) in [7, 11) is 0. The molecule has 0 radical (unpaired) electrons. The fourth-order valence-corrected chi connectivity index (χ4v) is 3.40. The van der Waals surface area contributed by atoms with Crippen LogP contribution in [0.1, 0.15) is 12.0 Å². The van der Waals surface area contributed by atoms with Crippen LogP contribution in [0.2, 0.25) is 0 Å².